The minimum Gasteiger partial charge on any atom is -0.467 e. The lowest BCUT2D eigenvalue weighted by molar-refractivity contribution is -0.131. The fourth-order valence-electron chi connectivity index (χ4n) is 1.97. The molecule has 114 valence electrons. The summed E-state index contributed by atoms with van der Waals surface area (Å²) in [6, 6.07) is 1.99. The van der Waals surface area contributed by atoms with Crippen molar-refractivity contribution in [3.05, 3.63) is 24.2 Å². The number of carbonyl (C=O) groups excluding carboxylic acids is 3. The van der Waals surface area contributed by atoms with Gasteiger partial charge in [-0.25, -0.2) is 4.79 Å². The molecule has 2 rings (SSSR count). The Morgan fingerprint density at radius 1 is 1.52 bits per heavy atom. The van der Waals surface area contributed by atoms with Crippen molar-refractivity contribution >= 4 is 17.8 Å². The van der Waals surface area contributed by atoms with Gasteiger partial charge in [0, 0.05) is 13.7 Å². The fourth-order valence-corrected chi connectivity index (χ4v) is 1.97. The molecule has 1 aliphatic rings. The average molecular weight is 295 g/mol. The summed E-state index contributed by atoms with van der Waals surface area (Å²) in [5, 5.41) is 5.09. The normalized spacial score (nSPS) is 18.0. The Labute approximate surface area is 121 Å². The van der Waals surface area contributed by atoms with Crippen LogP contribution in [-0.4, -0.2) is 49.0 Å². The summed E-state index contributed by atoms with van der Waals surface area (Å²) in [6.07, 6.45) is 1.37. The zero-order valence-electron chi connectivity index (χ0n) is 11.6. The van der Waals surface area contributed by atoms with Gasteiger partial charge in [0.25, 0.3) is 5.91 Å². The number of imide groups is 1. The molecule has 1 atom stereocenters. The van der Waals surface area contributed by atoms with Gasteiger partial charge in [0.05, 0.1) is 25.8 Å². The summed E-state index contributed by atoms with van der Waals surface area (Å²) in [7, 11) is 1.53. The summed E-state index contributed by atoms with van der Waals surface area (Å²) >= 11 is 0. The second kappa shape index (κ2) is 6.89. The molecule has 21 heavy (non-hydrogen) atoms. The van der Waals surface area contributed by atoms with Gasteiger partial charge in [0.1, 0.15) is 11.8 Å². The van der Waals surface area contributed by atoms with Crippen molar-refractivity contribution in [2.24, 2.45) is 0 Å². The molecular weight excluding hydrogens is 278 g/mol. The van der Waals surface area contributed by atoms with Crippen LogP contribution in [0.3, 0.4) is 0 Å². The van der Waals surface area contributed by atoms with E-state index in [1.54, 1.807) is 12.1 Å². The third-order valence-electron chi connectivity index (χ3n) is 3.02. The lowest BCUT2D eigenvalue weighted by atomic mass is 10.2. The molecule has 0 unspecified atom stereocenters. The number of hydrogen-bond donors (Lipinski definition) is 2. The maximum Gasteiger partial charge on any atom is 0.325 e. The average Bonchev–Trinajstić information content (AvgIpc) is 3.04. The van der Waals surface area contributed by atoms with Crippen LogP contribution < -0.4 is 10.6 Å². The molecule has 0 spiro atoms. The molecule has 8 heteroatoms. The molecule has 1 saturated heterocycles. The first-order chi connectivity index (χ1) is 10.1. The monoisotopic (exact) mass is 295 g/mol. The summed E-state index contributed by atoms with van der Waals surface area (Å²) in [5.41, 5.74) is 0. The van der Waals surface area contributed by atoms with E-state index < -0.39 is 18.0 Å². The number of methoxy groups -OCH3 is 1. The lowest BCUT2D eigenvalue weighted by Crippen LogP contribution is -2.37. The van der Waals surface area contributed by atoms with Crippen molar-refractivity contribution < 1.29 is 23.5 Å². The molecule has 2 heterocycles. The van der Waals surface area contributed by atoms with E-state index in [0.717, 1.165) is 4.90 Å². The standard InChI is InChI=1S/C13H17N3O5/c1-20-6-4-14-11(17)7-10-12(18)16(13(19)15-10)8-9-3-2-5-21-9/h2-3,5,10H,4,6-8H2,1H3,(H,14,17)(H,15,19)/t10-/m1/s1. The fraction of sp³-hybridized carbons (Fsp3) is 0.462. The van der Waals surface area contributed by atoms with Crippen molar-refractivity contribution in [2.45, 2.75) is 19.0 Å². The summed E-state index contributed by atoms with van der Waals surface area (Å²) in [6.45, 7) is 0.807. The van der Waals surface area contributed by atoms with Crippen molar-refractivity contribution in [3.63, 3.8) is 0 Å². The van der Waals surface area contributed by atoms with Crippen LogP contribution in [0.15, 0.2) is 22.8 Å². The van der Waals surface area contributed by atoms with Gasteiger partial charge in [-0.15, -0.1) is 0 Å². The number of carbonyl (C=O) groups is 3. The second-order valence-corrected chi connectivity index (χ2v) is 4.55. The molecule has 0 radical (unpaired) electrons. The molecule has 1 aromatic heterocycles. The van der Waals surface area contributed by atoms with Gasteiger partial charge >= 0.3 is 6.03 Å². The number of hydrogen-bond acceptors (Lipinski definition) is 5. The SMILES string of the molecule is COCCNC(=O)C[C@H]1NC(=O)N(Cc2ccco2)C1=O. The second-order valence-electron chi connectivity index (χ2n) is 4.55. The molecule has 1 fully saturated rings. The van der Waals surface area contributed by atoms with Crippen LogP contribution in [0.1, 0.15) is 12.2 Å². The third kappa shape index (κ3) is 3.82. The third-order valence-corrected chi connectivity index (χ3v) is 3.02. The van der Waals surface area contributed by atoms with E-state index in [1.165, 1.54) is 13.4 Å². The lowest BCUT2D eigenvalue weighted by Gasteiger charge is -2.11. The molecule has 0 aromatic carbocycles. The van der Waals surface area contributed by atoms with Gasteiger partial charge in [-0.05, 0) is 12.1 Å². The number of amides is 4. The Bertz CT molecular complexity index is 514. The van der Waals surface area contributed by atoms with Crippen molar-refractivity contribution in [2.75, 3.05) is 20.3 Å². The van der Waals surface area contributed by atoms with Crippen LogP contribution in [0, 0.1) is 0 Å². The van der Waals surface area contributed by atoms with E-state index in [1.807, 2.05) is 0 Å². The van der Waals surface area contributed by atoms with E-state index in [4.69, 9.17) is 9.15 Å². The van der Waals surface area contributed by atoms with Gasteiger partial charge in [-0.1, -0.05) is 0 Å². The topological polar surface area (TPSA) is 101 Å². The highest BCUT2D eigenvalue weighted by Gasteiger charge is 2.39. The Morgan fingerprint density at radius 3 is 3.00 bits per heavy atom. The van der Waals surface area contributed by atoms with Gasteiger partial charge in [-0.3, -0.25) is 14.5 Å². The van der Waals surface area contributed by atoms with Crippen molar-refractivity contribution in [1.29, 1.82) is 0 Å². The smallest absolute Gasteiger partial charge is 0.325 e. The van der Waals surface area contributed by atoms with Gasteiger partial charge in [-0.2, -0.15) is 0 Å². The molecule has 8 nitrogen and oxygen atoms in total. The highest BCUT2D eigenvalue weighted by atomic mass is 16.5. The Kier molecular flexibility index (Phi) is 4.94. The van der Waals surface area contributed by atoms with Gasteiger partial charge < -0.3 is 19.8 Å². The highest BCUT2D eigenvalue weighted by Crippen LogP contribution is 2.14. The molecule has 2 N–H and O–H groups in total. The minimum absolute atomic E-state index is 0.0550. The van der Waals surface area contributed by atoms with Gasteiger partial charge in [0.2, 0.25) is 5.91 Å². The van der Waals surface area contributed by atoms with E-state index in [9.17, 15) is 14.4 Å². The van der Waals surface area contributed by atoms with Crippen LogP contribution in [0.2, 0.25) is 0 Å². The van der Waals surface area contributed by atoms with E-state index in [-0.39, 0.29) is 18.9 Å². The number of ether oxygens (including phenoxy) is 1. The molecule has 0 saturated carbocycles. The maximum atomic E-state index is 12.1. The number of furan rings is 1. The zero-order chi connectivity index (χ0) is 15.2. The number of rotatable bonds is 7. The zero-order valence-corrected chi connectivity index (χ0v) is 11.6. The molecule has 4 amide bonds. The highest BCUT2D eigenvalue weighted by molar-refractivity contribution is 6.05. The van der Waals surface area contributed by atoms with Crippen LogP contribution in [-0.2, 0) is 20.9 Å². The minimum atomic E-state index is -0.838. The van der Waals surface area contributed by atoms with Crippen LogP contribution in [0.4, 0.5) is 4.79 Å². The molecular formula is C13H17N3O5. The Balaban J connectivity index is 1.87. The molecule has 0 aliphatic carbocycles. The quantitative estimate of drug-likeness (QED) is 0.538. The van der Waals surface area contributed by atoms with E-state index in [0.29, 0.717) is 18.9 Å². The predicted molar refractivity (Wildman–Crippen MR) is 71.1 cm³/mol. The largest absolute Gasteiger partial charge is 0.467 e. The van der Waals surface area contributed by atoms with Crippen molar-refractivity contribution in [1.82, 2.24) is 15.5 Å². The predicted octanol–water partition coefficient (Wildman–Crippen LogP) is -0.147. The molecule has 1 aliphatic heterocycles. The summed E-state index contributed by atoms with van der Waals surface area (Å²) in [5.74, 6) is -0.243. The number of urea groups is 1. The number of nitrogens with one attached hydrogen (secondary N) is 2. The Hall–Kier alpha value is -2.35. The van der Waals surface area contributed by atoms with E-state index in [2.05, 4.69) is 10.6 Å². The van der Waals surface area contributed by atoms with Crippen LogP contribution >= 0.6 is 0 Å². The van der Waals surface area contributed by atoms with Gasteiger partial charge in [0.15, 0.2) is 0 Å². The summed E-state index contributed by atoms with van der Waals surface area (Å²) in [4.78, 5) is 36.5. The van der Waals surface area contributed by atoms with E-state index >= 15 is 0 Å². The Morgan fingerprint density at radius 2 is 2.33 bits per heavy atom. The first-order valence-corrected chi connectivity index (χ1v) is 6.51. The van der Waals surface area contributed by atoms with Crippen molar-refractivity contribution in [3.8, 4) is 0 Å². The molecule has 1 aromatic rings. The van der Waals surface area contributed by atoms with Crippen LogP contribution in [0.5, 0.6) is 0 Å². The first kappa shape index (κ1) is 15.0. The first-order valence-electron chi connectivity index (χ1n) is 6.51. The summed E-state index contributed by atoms with van der Waals surface area (Å²) < 4.78 is 9.91. The molecule has 0 bridgehead atoms. The number of nitrogens with zero attached hydrogens (tertiary/aromatic N) is 1. The maximum absolute atomic E-state index is 12.1. The van der Waals surface area contributed by atoms with Crippen LogP contribution in [0.25, 0.3) is 0 Å².